The molecule has 2 aromatic carbocycles. The number of hydrogen-bond acceptors (Lipinski definition) is 4. The van der Waals surface area contributed by atoms with Crippen molar-refractivity contribution in [2.24, 2.45) is 5.10 Å². The van der Waals surface area contributed by atoms with Crippen LogP contribution in [0.4, 0.5) is 0 Å². The lowest BCUT2D eigenvalue weighted by atomic mass is 10.0. The van der Waals surface area contributed by atoms with Gasteiger partial charge in [-0.05, 0) is 43.7 Å². The third-order valence-corrected chi connectivity index (χ3v) is 4.24. The van der Waals surface area contributed by atoms with Crippen molar-refractivity contribution in [1.29, 1.82) is 0 Å². The van der Waals surface area contributed by atoms with Gasteiger partial charge in [-0.25, -0.2) is 0 Å². The Kier molecular flexibility index (Phi) is 4.49. The fourth-order valence-electron chi connectivity index (χ4n) is 2.92. The Bertz CT molecular complexity index is 797. The number of methoxy groups -OCH3 is 1. The van der Waals surface area contributed by atoms with E-state index in [4.69, 9.17) is 9.47 Å². The molecule has 1 atom stereocenters. The molecule has 0 saturated heterocycles. The quantitative estimate of drug-likeness (QED) is 0.857. The minimum absolute atomic E-state index is 0.155. The summed E-state index contributed by atoms with van der Waals surface area (Å²) in [5, 5.41) is 5.85. The summed E-state index contributed by atoms with van der Waals surface area (Å²) in [5.74, 6) is 1.10. The summed E-state index contributed by atoms with van der Waals surface area (Å²) in [6.07, 6.45) is 0.523. The summed E-state index contributed by atoms with van der Waals surface area (Å²) in [7, 11) is 1.63. The van der Waals surface area contributed by atoms with Gasteiger partial charge in [0.2, 0.25) is 17.5 Å². The molecule has 0 bridgehead atoms. The molecule has 0 saturated carbocycles. The standard InChI is InChI=1S/C20H22N2O3/c1-14-5-9-17(10-6-14)19-21-22(15(2)23)20(3,25-19)13-16-7-11-18(24-4)12-8-16/h5-12H,13H2,1-4H3/t20-/m0/s1. The Hall–Kier alpha value is -2.82. The molecule has 1 aliphatic heterocycles. The number of amides is 1. The molecule has 25 heavy (non-hydrogen) atoms. The van der Waals surface area contributed by atoms with Crippen LogP contribution < -0.4 is 4.74 Å². The second-order valence-corrected chi connectivity index (χ2v) is 6.40. The van der Waals surface area contributed by atoms with E-state index >= 15 is 0 Å². The summed E-state index contributed by atoms with van der Waals surface area (Å²) in [6, 6.07) is 15.6. The first kappa shape index (κ1) is 17.0. The maximum Gasteiger partial charge on any atom is 0.243 e. The summed E-state index contributed by atoms with van der Waals surface area (Å²) < 4.78 is 11.3. The first-order chi connectivity index (χ1) is 11.9. The number of hydrogen-bond donors (Lipinski definition) is 0. The van der Waals surface area contributed by atoms with Crippen LogP contribution in [0.25, 0.3) is 0 Å². The Balaban J connectivity index is 1.86. The van der Waals surface area contributed by atoms with Crippen LogP contribution in [-0.4, -0.2) is 29.6 Å². The van der Waals surface area contributed by atoms with Crippen molar-refractivity contribution in [2.75, 3.05) is 7.11 Å². The molecule has 0 fully saturated rings. The lowest BCUT2D eigenvalue weighted by molar-refractivity contribution is -0.144. The predicted molar refractivity (Wildman–Crippen MR) is 96.4 cm³/mol. The first-order valence-electron chi connectivity index (χ1n) is 8.20. The van der Waals surface area contributed by atoms with E-state index < -0.39 is 5.72 Å². The van der Waals surface area contributed by atoms with Crippen LogP contribution in [0.15, 0.2) is 53.6 Å². The minimum Gasteiger partial charge on any atom is -0.497 e. The molecule has 5 heteroatoms. The largest absolute Gasteiger partial charge is 0.497 e. The van der Waals surface area contributed by atoms with Gasteiger partial charge in [0.15, 0.2) is 0 Å². The number of nitrogens with zero attached hydrogens (tertiary/aromatic N) is 2. The van der Waals surface area contributed by atoms with Gasteiger partial charge in [0.25, 0.3) is 0 Å². The van der Waals surface area contributed by atoms with Crippen molar-refractivity contribution < 1.29 is 14.3 Å². The molecule has 0 unspecified atom stereocenters. The van der Waals surface area contributed by atoms with Crippen molar-refractivity contribution >= 4 is 11.8 Å². The van der Waals surface area contributed by atoms with Gasteiger partial charge in [-0.15, -0.1) is 5.10 Å². The van der Waals surface area contributed by atoms with E-state index in [9.17, 15) is 4.79 Å². The zero-order valence-corrected chi connectivity index (χ0v) is 14.9. The zero-order chi connectivity index (χ0) is 18.0. The molecule has 3 rings (SSSR count). The second kappa shape index (κ2) is 6.59. The monoisotopic (exact) mass is 338 g/mol. The van der Waals surface area contributed by atoms with Gasteiger partial charge in [0.1, 0.15) is 5.75 Å². The lowest BCUT2D eigenvalue weighted by Gasteiger charge is -2.30. The SMILES string of the molecule is COc1ccc(C[C@]2(C)OC(c3ccc(C)cc3)=NN2C(C)=O)cc1. The Morgan fingerprint density at radius 1 is 1.16 bits per heavy atom. The smallest absolute Gasteiger partial charge is 0.243 e. The maximum absolute atomic E-state index is 12.1. The topological polar surface area (TPSA) is 51.1 Å². The highest BCUT2D eigenvalue weighted by Crippen LogP contribution is 2.31. The number of hydrazone groups is 1. The minimum atomic E-state index is -0.860. The number of ether oxygens (including phenoxy) is 2. The number of carbonyl (C=O) groups excluding carboxylic acids is 1. The van der Waals surface area contributed by atoms with Gasteiger partial charge in [-0.3, -0.25) is 4.79 Å². The van der Waals surface area contributed by atoms with Gasteiger partial charge in [-0.2, -0.15) is 5.01 Å². The van der Waals surface area contributed by atoms with Crippen molar-refractivity contribution in [3.8, 4) is 5.75 Å². The average molecular weight is 338 g/mol. The van der Waals surface area contributed by atoms with Crippen molar-refractivity contribution in [3.05, 3.63) is 65.2 Å². The van der Waals surface area contributed by atoms with Gasteiger partial charge < -0.3 is 9.47 Å². The van der Waals surface area contributed by atoms with E-state index in [1.54, 1.807) is 7.11 Å². The number of rotatable bonds is 4. The van der Waals surface area contributed by atoms with Gasteiger partial charge in [0, 0.05) is 18.9 Å². The van der Waals surface area contributed by atoms with Gasteiger partial charge in [-0.1, -0.05) is 29.8 Å². The average Bonchev–Trinajstić information content (AvgIpc) is 2.94. The Morgan fingerprint density at radius 2 is 1.80 bits per heavy atom. The summed E-state index contributed by atoms with van der Waals surface area (Å²) in [4.78, 5) is 12.1. The fourth-order valence-corrected chi connectivity index (χ4v) is 2.92. The van der Waals surface area contributed by atoms with Crippen LogP contribution in [0.1, 0.15) is 30.5 Å². The molecule has 0 radical (unpaired) electrons. The number of carbonyl (C=O) groups is 1. The van der Waals surface area contributed by atoms with E-state index in [0.717, 1.165) is 22.4 Å². The van der Waals surface area contributed by atoms with Gasteiger partial charge in [0.05, 0.1) is 7.11 Å². The van der Waals surface area contributed by atoms with Crippen LogP contribution in [0.2, 0.25) is 0 Å². The van der Waals surface area contributed by atoms with Crippen molar-refractivity contribution in [1.82, 2.24) is 5.01 Å². The van der Waals surface area contributed by atoms with E-state index in [-0.39, 0.29) is 5.91 Å². The summed E-state index contributed by atoms with van der Waals surface area (Å²) in [5.41, 5.74) is 2.19. The highest BCUT2D eigenvalue weighted by Gasteiger charge is 2.43. The van der Waals surface area contributed by atoms with Crippen LogP contribution in [0.5, 0.6) is 5.75 Å². The van der Waals surface area contributed by atoms with Crippen LogP contribution >= 0.6 is 0 Å². The highest BCUT2D eigenvalue weighted by molar-refractivity contribution is 5.96. The molecule has 0 aliphatic carbocycles. The molecule has 0 N–H and O–H groups in total. The van der Waals surface area contributed by atoms with E-state index in [2.05, 4.69) is 5.10 Å². The molecular formula is C20H22N2O3. The van der Waals surface area contributed by atoms with Crippen LogP contribution in [0.3, 0.4) is 0 Å². The normalized spacial score (nSPS) is 19.4. The van der Waals surface area contributed by atoms with E-state index in [1.807, 2.05) is 62.4 Å². The molecule has 2 aromatic rings. The van der Waals surface area contributed by atoms with Crippen LogP contribution in [0, 0.1) is 6.92 Å². The highest BCUT2D eigenvalue weighted by atomic mass is 16.6. The lowest BCUT2D eigenvalue weighted by Crippen LogP contribution is -2.45. The predicted octanol–water partition coefficient (Wildman–Crippen LogP) is 3.50. The maximum atomic E-state index is 12.1. The molecule has 1 amide bonds. The van der Waals surface area contributed by atoms with Crippen molar-refractivity contribution in [3.63, 3.8) is 0 Å². The molecule has 1 aliphatic rings. The molecule has 0 aromatic heterocycles. The third-order valence-electron chi connectivity index (χ3n) is 4.24. The molecule has 1 heterocycles. The Labute approximate surface area is 147 Å². The molecule has 130 valence electrons. The third kappa shape index (κ3) is 3.50. The molecular weight excluding hydrogens is 316 g/mol. The fraction of sp³-hybridized carbons (Fsp3) is 0.300. The van der Waals surface area contributed by atoms with Gasteiger partial charge >= 0.3 is 0 Å². The first-order valence-corrected chi connectivity index (χ1v) is 8.20. The summed E-state index contributed by atoms with van der Waals surface area (Å²) >= 11 is 0. The van der Waals surface area contributed by atoms with E-state index in [1.165, 1.54) is 11.9 Å². The number of aryl methyl sites for hydroxylation is 1. The Morgan fingerprint density at radius 3 is 2.36 bits per heavy atom. The second-order valence-electron chi connectivity index (χ2n) is 6.40. The van der Waals surface area contributed by atoms with Crippen LogP contribution in [-0.2, 0) is 16.0 Å². The van der Waals surface area contributed by atoms with E-state index in [0.29, 0.717) is 12.3 Å². The molecule has 5 nitrogen and oxygen atoms in total. The zero-order valence-electron chi connectivity index (χ0n) is 14.9. The number of benzene rings is 2. The summed E-state index contributed by atoms with van der Waals surface area (Å²) in [6.45, 7) is 5.40. The molecule has 0 spiro atoms. The van der Waals surface area contributed by atoms with Crippen molar-refractivity contribution in [2.45, 2.75) is 32.9 Å².